The van der Waals surface area contributed by atoms with E-state index in [-0.39, 0.29) is 17.4 Å². The van der Waals surface area contributed by atoms with E-state index in [0.29, 0.717) is 36.1 Å². The van der Waals surface area contributed by atoms with Crippen LogP contribution < -0.4 is 0 Å². The zero-order valence-electron chi connectivity index (χ0n) is 31.9. The van der Waals surface area contributed by atoms with Crippen molar-refractivity contribution in [1.29, 1.82) is 0 Å². The minimum absolute atomic E-state index is 0.0587. The van der Waals surface area contributed by atoms with Crippen molar-refractivity contribution in [2.45, 2.75) is 79.1 Å². The van der Waals surface area contributed by atoms with Gasteiger partial charge in [0, 0.05) is 37.5 Å². The molecule has 6 heterocycles. The Balaban J connectivity index is 1.33. The highest BCUT2D eigenvalue weighted by Gasteiger charge is 2.50. The molecule has 7 rings (SSSR count). The summed E-state index contributed by atoms with van der Waals surface area (Å²) in [5.41, 5.74) is 3.89. The fourth-order valence-electron chi connectivity index (χ4n) is 7.62. The van der Waals surface area contributed by atoms with Crippen LogP contribution in [-0.2, 0) is 9.59 Å². The maximum atomic E-state index is 15.1. The number of aromatic carboxylic acids is 1. The Morgan fingerprint density at radius 3 is 1.49 bits per heavy atom. The normalized spacial score (nSPS) is 15.5. The molecule has 2 amide bonds. The first-order chi connectivity index (χ1) is 26.8. The minimum Gasteiger partial charge on any atom is -0.478 e. The second-order valence-corrected chi connectivity index (χ2v) is 18.7. The first-order valence-electron chi connectivity index (χ1n) is 19.6. The molecule has 0 bridgehead atoms. The number of benzene rings is 1. The van der Waals surface area contributed by atoms with E-state index in [4.69, 9.17) is 0 Å². The van der Waals surface area contributed by atoms with E-state index >= 15 is 9.59 Å². The monoisotopic (exact) mass is 808 g/mol. The molecule has 5 aromatic rings. The van der Waals surface area contributed by atoms with Crippen LogP contribution >= 0.6 is 45.3 Å². The van der Waals surface area contributed by atoms with Gasteiger partial charge < -0.3 is 14.9 Å². The van der Waals surface area contributed by atoms with Crippen molar-refractivity contribution < 1.29 is 19.5 Å². The molecule has 2 aliphatic rings. The molecule has 1 aromatic carbocycles. The maximum absolute atomic E-state index is 15.1. The van der Waals surface area contributed by atoms with Crippen molar-refractivity contribution in [3.63, 3.8) is 0 Å². The molecular weight excluding hydrogens is 761 g/mol. The van der Waals surface area contributed by atoms with Crippen LogP contribution in [0.25, 0.3) is 41.3 Å². The highest BCUT2D eigenvalue weighted by atomic mass is 32.1. The van der Waals surface area contributed by atoms with Crippen molar-refractivity contribution in [3.05, 3.63) is 105 Å². The number of carboxylic acid groups (broad SMARTS) is 1. The number of unbranched alkanes of at least 4 members (excludes halogenated alkanes) is 2. The first-order valence-corrected chi connectivity index (χ1v) is 22.9. The molecule has 2 unspecified atom stereocenters. The van der Waals surface area contributed by atoms with E-state index in [0.717, 1.165) is 97.6 Å². The SMILES string of the molecule is CCCCC(CC)CN1C(=O)C2=C(c3ccc(-c4ccc(-c5ccc(C(=O)O)cc5)s4)s3)N(CC(CC)CCCC)C(=O)C2=C1c1ccc(-c2cccs2)s1. The highest BCUT2D eigenvalue weighted by molar-refractivity contribution is 7.24. The quantitative estimate of drug-likeness (QED) is 0.0956. The molecule has 6 nitrogen and oxygen atoms in total. The molecule has 286 valence electrons. The van der Waals surface area contributed by atoms with Crippen LogP contribution in [0.3, 0.4) is 0 Å². The van der Waals surface area contributed by atoms with Crippen molar-refractivity contribution in [2.24, 2.45) is 11.8 Å². The van der Waals surface area contributed by atoms with Crippen LogP contribution in [0.4, 0.5) is 0 Å². The topological polar surface area (TPSA) is 77.9 Å². The molecule has 0 aliphatic carbocycles. The van der Waals surface area contributed by atoms with E-state index in [1.807, 2.05) is 21.9 Å². The van der Waals surface area contributed by atoms with Crippen molar-refractivity contribution in [3.8, 4) is 29.9 Å². The molecule has 0 saturated carbocycles. The molecule has 2 aliphatic heterocycles. The second kappa shape index (κ2) is 17.4. The Kier molecular flexibility index (Phi) is 12.4. The van der Waals surface area contributed by atoms with Crippen molar-refractivity contribution in [2.75, 3.05) is 13.1 Å². The Morgan fingerprint density at radius 1 is 0.600 bits per heavy atom. The number of hydrogen-bond acceptors (Lipinski definition) is 7. The summed E-state index contributed by atoms with van der Waals surface area (Å²) >= 11 is 6.65. The van der Waals surface area contributed by atoms with Crippen LogP contribution in [-0.4, -0.2) is 45.8 Å². The van der Waals surface area contributed by atoms with Crippen LogP contribution in [0, 0.1) is 11.8 Å². The van der Waals surface area contributed by atoms with E-state index in [1.165, 1.54) is 4.88 Å². The number of rotatable bonds is 18. The molecule has 55 heavy (non-hydrogen) atoms. The molecule has 0 fully saturated rings. The standard InChI is InChI=1S/C45H48N2O4S4/c1-5-9-12-28(7-3)26-46-41(37-23-21-34(54-37)33-14-11-25-52-33)39-40(44(46)49)42(47(43(39)48)27-29(8-4)13-10-6-2)38-24-22-36(55-38)35-20-19-32(53-35)30-15-17-31(18-16-30)45(50)51/h11,14-25,28-29H,5-10,12-13,26-27H2,1-4H3,(H,50,51). The Morgan fingerprint density at radius 2 is 1.05 bits per heavy atom. The minimum atomic E-state index is -0.941. The zero-order valence-corrected chi connectivity index (χ0v) is 35.2. The molecule has 2 atom stereocenters. The molecule has 0 spiro atoms. The summed E-state index contributed by atoms with van der Waals surface area (Å²) in [6.07, 6.45) is 8.45. The number of carbonyl (C=O) groups excluding carboxylic acids is 2. The van der Waals surface area contributed by atoms with E-state index < -0.39 is 5.97 Å². The summed E-state index contributed by atoms with van der Waals surface area (Å²) in [6.45, 7) is 10.0. The van der Waals surface area contributed by atoms with Crippen LogP contribution in [0.5, 0.6) is 0 Å². The van der Waals surface area contributed by atoms with E-state index in [2.05, 4.69) is 81.6 Å². The van der Waals surface area contributed by atoms with Gasteiger partial charge in [0.1, 0.15) is 0 Å². The largest absolute Gasteiger partial charge is 0.478 e. The molecule has 4 aromatic heterocycles. The van der Waals surface area contributed by atoms with Gasteiger partial charge in [-0.05, 0) is 90.2 Å². The molecule has 0 saturated heterocycles. The third-order valence-corrected chi connectivity index (χ3v) is 15.4. The zero-order chi connectivity index (χ0) is 38.6. The van der Waals surface area contributed by atoms with Gasteiger partial charge in [-0.15, -0.1) is 45.3 Å². The number of nitrogens with zero attached hydrogens (tertiary/aromatic N) is 2. The number of thiophene rings is 4. The number of fused-ring (bicyclic) bond motifs is 1. The summed E-state index contributed by atoms with van der Waals surface area (Å²) in [5.74, 6) is -0.394. The average molecular weight is 809 g/mol. The lowest BCUT2D eigenvalue weighted by atomic mass is 9.98. The first kappa shape index (κ1) is 39.2. The predicted molar refractivity (Wildman–Crippen MR) is 232 cm³/mol. The number of carboxylic acids is 1. The lowest BCUT2D eigenvalue weighted by Gasteiger charge is -2.29. The number of amides is 2. The van der Waals surface area contributed by atoms with Crippen LogP contribution in [0.1, 0.15) is 99.2 Å². The summed E-state index contributed by atoms with van der Waals surface area (Å²) in [5, 5.41) is 11.4. The van der Waals surface area contributed by atoms with Gasteiger partial charge in [-0.25, -0.2) is 4.79 Å². The van der Waals surface area contributed by atoms with Crippen LogP contribution in [0.2, 0.25) is 0 Å². The number of carbonyl (C=O) groups is 3. The molecule has 10 heteroatoms. The van der Waals surface area contributed by atoms with Gasteiger partial charge in [0.15, 0.2) is 0 Å². The molecule has 0 radical (unpaired) electrons. The lowest BCUT2D eigenvalue weighted by molar-refractivity contribution is -0.124. The predicted octanol–water partition coefficient (Wildman–Crippen LogP) is 12.9. The lowest BCUT2D eigenvalue weighted by Crippen LogP contribution is -2.34. The van der Waals surface area contributed by atoms with Gasteiger partial charge in [-0.2, -0.15) is 0 Å². The average Bonchev–Trinajstić information content (AvgIpc) is 4.06. The van der Waals surface area contributed by atoms with Gasteiger partial charge in [0.25, 0.3) is 11.8 Å². The molecular formula is C45H48N2O4S4. The van der Waals surface area contributed by atoms with Gasteiger partial charge in [0.2, 0.25) is 0 Å². The number of hydrogen-bond donors (Lipinski definition) is 1. The maximum Gasteiger partial charge on any atom is 0.335 e. The summed E-state index contributed by atoms with van der Waals surface area (Å²) in [6, 6.07) is 23.8. The fourth-order valence-corrected chi connectivity index (χ4v) is 11.7. The van der Waals surface area contributed by atoms with Gasteiger partial charge >= 0.3 is 5.97 Å². The van der Waals surface area contributed by atoms with Gasteiger partial charge in [-0.1, -0.05) is 84.4 Å². The fraction of sp³-hybridized carbons (Fsp3) is 0.356. The summed E-state index contributed by atoms with van der Waals surface area (Å²) < 4.78 is 0. The van der Waals surface area contributed by atoms with E-state index in [1.54, 1.807) is 57.5 Å². The third kappa shape index (κ3) is 7.97. The summed E-state index contributed by atoms with van der Waals surface area (Å²) in [4.78, 5) is 52.9. The summed E-state index contributed by atoms with van der Waals surface area (Å²) in [7, 11) is 0. The Hall–Kier alpha value is -4.09. The van der Waals surface area contributed by atoms with Crippen LogP contribution in [0.15, 0.2) is 89.3 Å². The van der Waals surface area contributed by atoms with Crippen molar-refractivity contribution in [1.82, 2.24) is 9.80 Å². The second-order valence-electron chi connectivity index (χ2n) is 14.5. The third-order valence-electron chi connectivity index (χ3n) is 10.9. The van der Waals surface area contributed by atoms with E-state index in [9.17, 15) is 9.90 Å². The van der Waals surface area contributed by atoms with Gasteiger partial charge in [-0.3, -0.25) is 9.59 Å². The van der Waals surface area contributed by atoms with Crippen molar-refractivity contribution >= 4 is 74.5 Å². The van der Waals surface area contributed by atoms with Gasteiger partial charge in [0.05, 0.1) is 37.9 Å². The Labute approximate surface area is 340 Å². The smallest absolute Gasteiger partial charge is 0.335 e. The molecule has 1 N–H and O–H groups in total. The Bertz CT molecular complexity index is 2220. The highest BCUT2D eigenvalue weighted by Crippen LogP contribution is 2.51.